The van der Waals surface area contributed by atoms with Crippen molar-refractivity contribution in [1.29, 1.82) is 0 Å². The Morgan fingerprint density at radius 1 is 1.20 bits per heavy atom. The highest BCUT2D eigenvalue weighted by atomic mass is 32.2. The van der Waals surface area contributed by atoms with E-state index < -0.39 is 15.7 Å². The summed E-state index contributed by atoms with van der Waals surface area (Å²) in [5, 5.41) is 0. The molecule has 1 atom stereocenters. The molecule has 140 valence electrons. The number of sulfonamides is 1. The number of ether oxygens (including phenoxy) is 1. The molecule has 2 aliphatic rings. The van der Waals surface area contributed by atoms with Gasteiger partial charge < -0.3 is 4.74 Å². The van der Waals surface area contributed by atoms with Crippen LogP contribution in [0.3, 0.4) is 0 Å². The van der Waals surface area contributed by atoms with E-state index in [1.807, 2.05) is 30.9 Å². The van der Waals surface area contributed by atoms with Gasteiger partial charge in [0.1, 0.15) is 5.67 Å². The van der Waals surface area contributed by atoms with E-state index >= 15 is 0 Å². The lowest BCUT2D eigenvalue weighted by atomic mass is 9.92. The number of alkyl halides is 1. The molecule has 0 bridgehead atoms. The summed E-state index contributed by atoms with van der Waals surface area (Å²) in [6, 6.07) is 7.07. The maximum atomic E-state index is 14.8. The highest BCUT2D eigenvalue weighted by Gasteiger charge is 2.41. The smallest absolute Gasteiger partial charge is 0.243 e. The maximum Gasteiger partial charge on any atom is 0.243 e. The minimum absolute atomic E-state index is 0.0372. The van der Waals surface area contributed by atoms with Crippen LogP contribution in [0.5, 0.6) is 0 Å². The normalized spacial score (nSPS) is 26.4. The van der Waals surface area contributed by atoms with E-state index in [1.165, 1.54) is 4.31 Å². The Balaban J connectivity index is 1.80. The van der Waals surface area contributed by atoms with Crippen molar-refractivity contribution in [1.82, 2.24) is 9.21 Å². The van der Waals surface area contributed by atoms with Gasteiger partial charge in [-0.25, -0.2) is 12.8 Å². The van der Waals surface area contributed by atoms with Crippen LogP contribution in [-0.2, 0) is 21.3 Å². The highest BCUT2D eigenvalue weighted by Crippen LogP contribution is 2.34. The molecule has 0 spiro atoms. The van der Waals surface area contributed by atoms with Crippen molar-refractivity contribution in [3.05, 3.63) is 29.8 Å². The van der Waals surface area contributed by atoms with Crippen LogP contribution in [0.15, 0.2) is 29.2 Å². The lowest BCUT2D eigenvalue weighted by molar-refractivity contribution is 0.0730. The molecule has 1 unspecified atom stereocenters. The molecule has 25 heavy (non-hydrogen) atoms. The molecule has 0 saturated carbocycles. The van der Waals surface area contributed by atoms with Gasteiger partial charge in [0.05, 0.1) is 18.1 Å². The van der Waals surface area contributed by atoms with Crippen LogP contribution >= 0.6 is 0 Å². The molecule has 2 fully saturated rings. The summed E-state index contributed by atoms with van der Waals surface area (Å²) in [6.45, 7) is 6.87. The number of rotatable bonds is 5. The van der Waals surface area contributed by atoms with E-state index in [2.05, 4.69) is 0 Å². The molecular formula is C18H27FN2O3S. The summed E-state index contributed by atoms with van der Waals surface area (Å²) in [5.74, 6) is -0.0372. The Hall–Kier alpha value is -1.02. The van der Waals surface area contributed by atoms with Crippen molar-refractivity contribution in [2.24, 2.45) is 5.92 Å². The first-order valence-corrected chi connectivity index (χ1v) is 10.3. The molecule has 7 heteroatoms. The molecule has 0 radical (unpaired) electrons. The second kappa shape index (κ2) is 7.31. The van der Waals surface area contributed by atoms with Crippen molar-refractivity contribution in [2.45, 2.75) is 37.4 Å². The molecule has 2 heterocycles. The van der Waals surface area contributed by atoms with Crippen LogP contribution in [0.4, 0.5) is 4.39 Å². The van der Waals surface area contributed by atoms with Gasteiger partial charge in [0, 0.05) is 32.7 Å². The largest absolute Gasteiger partial charge is 0.379 e. The number of halogens is 1. The van der Waals surface area contributed by atoms with E-state index in [-0.39, 0.29) is 5.92 Å². The van der Waals surface area contributed by atoms with Crippen LogP contribution in [0.25, 0.3) is 0 Å². The summed E-state index contributed by atoms with van der Waals surface area (Å²) in [5.41, 5.74) is -0.445. The van der Waals surface area contributed by atoms with Crippen molar-refractivity contribution in [3.8, 4) is 0 Å². The molecule has 0 aromatic heterocycles. The van der Waals surface area contributed by atoms with Crippen molar-refractivity contribution in [2.75, 3.05) is 39.4 Å². The maximum absolute atomic E-state index is 14.8. The summed E-state index contributed by atoms with van der Waals surface area (Å²) in [6.07, 6.45) is 0.503. The number of benzene rings is 1. The third kappa shape index (κ3) is 3.89. The number of nitrogens with zero attached hydrogens (tertiary/aromatic N) is 2. The Kier molecular flexibility index (Phi) is 5.48. The number of likely N-dealkylation sites (tertiary alicyclic amines) is 1. The van der Waals surface area contributed by atoms with Gasteiger partial charge >= 0.3 is 0 Å². The third-order valence-corrected chi connectivity index (χ3v) is 7.32. The van der Waals surface area contributed by atoms with Crippen molar-refractivity contribution in [3.63, 3.8) is 0 Å². The summed E-state index contributed by atoms with van der Waals surface area (Å²) >= 11 is 0. The standard InChI is InChI=1S/C18H27FN2O3S/c1-15(2)18(19)7-8-20(14-18)13-16-5-3-4-6-17(16)25(22,23)21-9-11-24-12-10-21/h3-6,15H,7-14H2,1-2H3. The van der Waals surface area contributed by atoms with E-state index in [0.717, 1.165) is 5.56 Å². The number of hydrogen-bond acceptors (Lipinski definition) is 4. The SMILES string of the molecule is CC(C)C1(F)CCN(Cc2ccccc2S(=O)(=O)N2CCOCC2)C1. The first-order chi connectivity index (χ1) is 11.8. The molecule has 1 aromatic rings. The molecule has 3 rings (SSSR count). The number of hydrogen-bond donors (Lipinski definition) is 0. The van der Waals surface area contributed by atoms with E-state index in [9.17, 15) is 12.8 Å². The van der Waals surface area contributed by atoms with Gasteiger partial charge in [-0.15, -0.1) is 0 Å². The quantitative estimate of drug-likeness (QED) is 0.798. The summed E-state index contributed by atoms with van der Waals surface area (Å²) in [7, 11) is -3.55. The third-order valence-electron chi connectivity index (χ3n) is 5.32. The molecule has 1 aromatic carbocycles. The molecule has 2 saturated heterocycles. The van der Waals surface area contributed by atoms with Crippen LogP contribution in [0.2, 0.25) is 0 Å². The van der Waals surface area contributed by atoms with Gasteiger partial charge in [0.25, 0.3) is 0 Å². The van der Waals surface area contributed by atoms with Gasteiger partial charge in [0.2, 0.25) is 10.0 Å². The van der Waals surface area contributed by atoms with E-state index in [1.54, 1.807) is 12.1 Å². The monoisotopic (exact) mass is 370 g/mol. The molecule has 0 aliphatic carbocycles. The van der Waals surface area contributed by atoms with E-state index in [0.29, 0.717) is 57.3 Å². The van der Waals surface area contributed by atoms with Crippen LogP contribution in [0, 0.1) is 5.92 Å². The summed E-state index contributed by atoms with van der Waals surface area (Å²) < 4.78 is 47.6. The van der Waals surface area contributed by atoms with Gasteiger partial charge in [-0.05, 0) is 24.0 Å². The molecule has 2 aliphatic heterocycles. The van der Waals surface area contributed by atoms with Gasteiger partial charge in [-0.2, -0.15) is 4.31 Å². The predicted molar refractivity (Wildman–Crippen MR) is 94.6 cm³/mol. The highest BCUT2D eigenvalue weighted by molar-refractivity contribution is 7.89. The summed E-state index contributed by atoms with van der Waals surface area (Å²) in [4.78, 5) is 2.35. The first-order valence-electron chi connectivity index (χ1n) is 8.90. The van der Waals surface area contributed by atoms with Crippen LogP contribution < -0.4 is 0 Å². The van der Waals surface area contributed by atoms with Gasteiger partial charge in [-0.3, -0.25) is 4.90 Å². The van der Waals surface area contributed by atoms with Crippen molar-refractivity contribution >= 4 is 10.0 Å². The van der Waals surface area contributed by atoms with Gasteiger partial charge in [0.15, 0.2) is 0 Å². The molecule has 5 nitrogen and oxygen atoms in total. The predicted octanol–water partition coefficient (Wildman–Crippen LogP) is 2.28. The van der Waals surface area contributed by atoms with E-state index in [4.69, 9.17) is 4.74 Å². The average Bonchev–Trinajstić information content (AvgIpc) is 2.98. The fraction of sp³-hybridized carbons (Fsp3) is 0.667. The lowest BCUT2D eigenvalue weighted by Gasteiger charge is -2.28. The molecule has 0 N–H and O–H groups in total. The molecule has 0 amide bonds. The minimum atomic E-state index is -3.55. The Morgan fingerprint density at radius 2 is 1.88 bits per heavy atom. The Bertz CT molecular complexity index is 704. The zero-order chi connectivity index (χ0) is 18.1. The zero-order valence-corrected chi connectivity index (χ0v) is 15.8. The second-order valence-electron chi connectivity index (χ2n) is 7.27. The number of morpholine rings is 1. The second-order valence-corrected chi connectivity index (χ2v) is 9.18. The minimum Gasteiger partial charge on any atom is -0.379 e. The van der Waals surface area contributed by atoms with Crippen molar-refractivity contribution < 1.29 is 17.5 Å². The Morgan fingerprint density at radius 3 is 2.52 bits per heavy atom. The fourth-order valence-electron chi connectivity index (χ4n) is 3.53. The fourth-order valence-corrected chi connectivity index (χ4v) is 5.16. The average molecular weight is 370 g/mol. The zero-order valence-electron chi connectivity index (χ0n) is 14.9. The Labute approximate surface area is 149 Å². The van der Waals surface area contributed by atoms with Gasteiger partial charge in [-0.1, -0.05) is 32.0 Å². The van der Waals surface area contributed by atoms with Crippen LogP contribution in [0.1, 0.15) is 25.8 Å². The molecular weight excluding hydrogens is 343 g/mol. The lowest BCUT2D eigenvalue weighted by Crippen LogP contribution is -2.41. The topological polar surface area (TPSA) is 49.9 Å². The first kappa shape index (κ1) is 18.8. The van der Waals surface area contributed by atoms with Crippen LogP contribution in [-0.4, -0.2) is 62.7 Å².